The summed E-state index contributed by atoms with van der Waals surface area (Å²) in [6, 6.07) is 24.1. The standard InChI is InChI=1S/C26H28N2O3/c1-20-9-7-11-22(17-20)31-19-26-27-24-13-3-4-14-25(24)28(26)15-5-6-16-30-23-12-8-10-21(18-23)29-2/h3-4,7-14,17-18H,5-6,15-16,19H2,1-2H3. The van der Waals surface area contributed by atoms with Gasteiger partial charge in [-0.05, 0) is 61.7 Å². The van der Waals surface area contributed by atoms with Crippen LogP contribution < -0.4 is 14.2 Å². The highest BCUT2D eigenvalue weighted by Crippen LogP contribution is 2.21. The third kappa shape index (κ3) is 5.37. The Hall–Kier alpha value is -3.47. The number of hydrogen-bond acceptors (Lipinski definition) is 4. The lowest BCUT2D eigenvalue weighted by Gasteiger charge is -2.11. The van der Waals surface area contributed by atoms with E-state index in [1.54, 1.807) is 7.11 Å². The Morgan fingerprint density at radius 1 is 0.806 bits per heavy atom. The second-order valence-corrected chi connectivity index (χ2v) is 7.51. The molecule has 0 saturated carbocycles. The molecule has 0 fully saturated rings. The van der Waals surface area contributed by atoms with Gasteiger partial charge in [-0.25, -0.2) is 4.98 Å². The fourth-order valence-electron chi connectivity index (χ4n) is 3.59. The minimum absolute atomic E-state index is 0.443. The maximum absolute atomic E-state index is 6.03. The highest BCUT2D eigenvalue weighted by molar-refractivity contribution is 5.75. The minimum Gasteiger partial charge on any atom is -0.497 e. The molecule has 5 nitrogen and oxygen atoms in total. The van der Waals surface area contributed by atoms with Gasteiger partial charge >= 0.3 is 0 Å². The van der Waals surface area contributed by atoms with Crippen molar-refractivity contribution >= 4 is 11.0 Å². The fourth-order valence-corrected chi connectivity index (χ4v) is 3.59. The average Bonchev–Trinajstić information content (AvgIpc) is 3.15. The Kier molecular flexibility index (Phi) is 6.72. The molecule has 1 aromatic heterocycles. The lowest BCUT2D eigenvalue weighted by molar-refractivity contribution is 0.284. The second kappa shape index (κ2) is 10.0. The Balaban J connectivity index is 1.37. The van der Waals surface area contributed by atoms with Gasteiger partial charge < -0.3 is 18.8 Å². The SMILES string of the molecule is COc1cccc(OCCCCn2c(COc3cccc(C)c3)nc3ccccc32)c1. The first-order valence-corrected chi connectivity index (χ1v) is 10.6. The van der Waals surface area contributed by atoms with Crippen molar-refractivity contribution in [3.63, 3.8) is 0 Å². The van der Waals surface area contributed by atoms with Gasteiger partial charge in [-0.15, -0.1) is 0 Å². The van der Waals surface area contributed by atoms with E-state index in [9.17, 15) is 0 Å². The topological polar surface area (TPSA) is 45.5 Å². The first kappa shape index (κ1) is 20.8. The van der Waals surface area contributed by atoms with E-state index in [0.29, 0.717) is 13.2 Å². The maximum atomic E-state index is 6.03. The second-order valence-electron chi connectivity index (χ2n) is 7.51. The van der Waals surface area contributed by atoms with Crippen LogP contribution in [0.2, 0.25) is 0 Å². The van der Waals surface area contributed by atoms with E-state index >= 15 is 0 Å². The molecule has 4 rings (SSSR count). The van der Waals surface area contributed by atoms with Crippen molar-refractivity contribution in [1.82, 2.24) is 9.55 Å². The molecular weight excluding hydrogens is 388 g/mol. The summed E-state index contributed by atoms with van der Waals surface area (Å²) in [4.78, 5) is 4.81. The van der Waals surface area contributed by atoms with Crippen molar-refractivity contribution in [2.75, 3.05) is 13.7 Å². The van der Waals surface area contributed by atoms with E-state index in [-0.39, 0.29) is 0 Å². The van der Waals surface area contributed by atoms with Crippen LogP contribution in [0.5, 0.6) is 17.2 Å². The Labute approximate surface area is 183 Å². The largest absolute Gasteiger partial charge is 0.497 e. The highest BCUT2D eigenvalue weighted by Gasteiger charge is 2.11. The summed E-state index contributed by atoms with van der Waals surface area (Å²) in [5.41, 5.74) is 3.32. The number of aryl methyl sites for hydroxylation is 2. The van der Waals surface area contributed by atoms with E-state index in [1.807, 2.05) is 54.6 Å². The smallest absolute Gasteiger partial charge is 0.147 e. The molecule has 0 aliphatic heterocycles. The van der Waals surface area contributed by atoms with Crippen LogP contribution in [-0.4, -0.2) is 23.3 Å². The number of benzene rings is 3. The number of hydrogen-bond donors (Lipinski definition) is 0. The van der Waals surface area contributed by atoms with Crippen molar-refractivity contribution < 1.29 is 14.2 Å². The van der Waals surface area contributed by atoms with E-state index in [2.05, 4.69) is 29.7 Å². The summed E-state index contributed by atoms with van der Waals surface area (Å²) >= 11 is 0. The molecule has 0 N–H and O–H groups in total. The molecule has 0 unspecified atom stereocenters. The summed E-state index contributed by atoms with van der Waals surface area (Å²) in [7, 11) is 1.66. The minimum atomic E-state index is 0.443. The van der Waals surface area contributed by atoms with Gasteiger partial charge in [0.1, 0.15) is 29.7 Å². The van der Waals surface area contributed by atoms with Gasteiger partial charge in [0.05, 0.1) is 24.8 Å². The molecule has 31 heavy (non-hydrogen) atoms. The molecule has 4 aromatic rings. The summed E-state index contributed by atoms with van der Waals surface area (Å²) in [6.07, 6.45) is 1.93. The average molecular weight is 417 g/mol. The van der Waals surface area contributed by atoms with Gasteiger partial charge in [-0.1, -0.05) is 30.3 Å². The van der Waals surface area contributed by atoms with Gasteiger partial charge in [0, 0.05) is 12.6 Å². The quantitative estimate of drug-likeness (QED) is 0.307. The molecule has 3 aromatic carbocycles. The molecule has 0 saturated heterocycles. The lowest BCUT2D eigenvalue weighted by Crippen LogP contribution is -2.09. The maximum Gasteiger partial charge on any atom is 0.147 e. The van der Waals surface area contributed by atoms with E-state index < -0.39 is 0 Å². The molecular formula is C26H28N2O3. The number of unbranched alkanes of at least 4 members (excludes halogenated alkanes) is 1. The van der Waals surface area contributed by atoms with Gasteiger partial charge in [0.2, 0.25) is 0 Å². The summed E-state index contributed by atoms with van der Waals surface area (Å²) < 4.78 is 19.4. The number of ether oxygens (including phenoxy) is 3. The molecule has 5 heteroatoms. The zero-order valence-corrected chi connectivity index (χ0v) is 18.1. The number of rotatable bonds is 10. The van der Waals surface area contributed by atoms with E-state index in [4.69, 9.17) is 19.2 Å². The molecule has 0 aliphatic rings. The first-order chi connectivity index (χ1) is 15.2. The van der Waals surface area contributed by atoms with Crippen molar-refractivity contribution in [1.29, 1.82) is 0 Å². The Bertz CT molecular complexity index is 1140. The van der Waals surface area contributed by atoms with Crippen LogP contribution in [0.4, 0.5) is 0 Å². The summed E-state index contributed by atoms with van der Waals surface area (Å²) in [6.45, 7) is 4.04. The number of nitrogens with zero attached hydrogens (tertiary/aromatic N) is 2. The number of aromatic nitrogens is 2. The van der Waals surface area contributed by atoms with E-state index in [0.717, 1.165) is 53.5 Å². The molecule has 1 heterocycles. The predicted octanol–water partition coefficient (Wildman–Crippen LogP) is 5.79. The Morgan fingerprint density at radius 3 is 2.42 bits per heavy atom. The molecule has 0 aliphatic carbocycles. The summed E-state index contributed by atoms with van der Waals surface area (Å²) in [5.74, 6) is 3.45. The normalized spacial score (nSPS) is 10.9. The molecule has 0 bridgehead atoms. The van der Waals surface area contributed by atoms with Crippen LogP contribution in [-0.2, 0) is 13.2 Å². The number of methoxy groups -OCH3 is 1. The van der Waals surface area contributed by atoms with Gasteiger partial charge in [-0.3, -0.25) is 0 Å². The monoisotopic (exact) mass is 416 g/mol. The third-order valence-corrected chi connectivity index (χ3v) is 5.18. The van der Waals surface area contributed by atoms with Crippen molar-refractivity contribution in [3.05, 3.63) is 84.2 Å². The zero-order chi connectivity index (χ0) is 21.5. The third-order valence-electron chi connectivity index (χ3n) is 5.18. The van der Waals surface area contributed by atoms with Crippen LogP contribution in [0.25, 0.3) is 11.0 Å². The van der Waals surface area contributed by atoms with Crippen LogP contribution in [0, 0.1) is 6.92 Å². The van der Waals surface area contributed by atoms with Crippen LogP contribution in [0.1, 0.15) is 24.2 Å². The van der Waals surface area contributed by atoms with Crippen LogP contribution in [0.3, 0.4) is 0 Å². The van der Waals surface area contributed by atoms with Crippen LogP contribution in [0.15, 0.2) is 72.8 Å². The van der Waals surface area contributed by atoms with Gasteiger partial charge in [0.25, 0.3) is 0 Å². The fraction of sp³-hybridized carbons (Fsp3) is 0.269. The Morgan fingerprint density at radius 2 is 1.58 bits per heavy atom. The van der Waals surface area contributed by atoms with Gasteiger partial charge in [-0.2, -0.15) is 0 Å². The van der Waals surface area contributed by atoms with Crippen molar-refractivity contribution in [2.24, 2.45) is 0 Å². The number of para-hydroxylation sites is 2. The van der Waals surface area contributed by atoms with Crippen molar-refractivity contribution in [2.45, 2.75) is 32.9 Å². The van der Waals surface area contributed by atoms with Crippen LogP contribution >= 0.6 is 0 Å². The molecule has 0 atom stereocenters. The number of imidazole rings is 1. The predicted molar refractivity (Wildman–Crippen MR) is 123 cm³/mol. The summed E-state index contributed by atoms with van der Waals surface area (Å²) in [5, 5.41) is 0. The lowest BCUT2D eigenvalue weighted by atomic mass is 10.2. The zero-order valence-electron chi connectivity index (χ0n) is 18.1. The highest BCUT2D eigenvalue weighted by atomic mass is 16.5. The molecule has 0 amide bonds. The molecule has 160 valence electrons. The van der Waals surface area contributed by atoms with E-state index in [1.165, 1.54) is 5.56 Å². The number of fused-ring (bicyclic) bond motifs is 1. The van der Waals surface area contributed by atoms with Gasteiger partial charge in [0.15, 0.2) is 0 Å². The van der Waals surface area contributed by atoms with Crippen molar-refractivity contribution in [3.8, 4) is 17.2 Å². The molecule has 0 radical (unpaired) electrons. The molecule has 0 spiro atoms. The first-order valence-electron chi connectivity index (χ1n) is 10.6.